The molecule has 1 aliphatic rings. The molecule has 3 nitrogen and oxygen atoms in total. The molecule has 2 aromatic rings. The summed E-state index contributed by atoms with van der Waals surface area (Å²) in [7, 11) is 0. The van der Waals surface area contributed by atoms with Gasteiger partial charge in [-0.2, -0.15) is 0 Å². The van der Waals surface area contributed by atoms with Crippen LogP contribution in [0.25, 0.3) is 0 Å². The average molecular weight is 358 g/mol. The Kier molecular flexibility index (Phi) is 5.05. The number of hydrogen-bond donors (Lipinski definition) is 1. The van der Waals surface area contributed by atoms with Gasteiger partial charge in [0.2, 0.25) is 5.91 Å². The minimum Gasteiger partial charge on any atom is -0.487 e. The highest BCUT2D eigenvalue weighted by Crippen LogP contribution is 2.39. The third-order valence-corrected chi connectivity index (χ3v) is 4.91. The molecule has 1 atom stereocenters. The highest BCUT2D eigenvalue weighted by molar-refractivity contribution is 6.31. The molecule has 4 heteroatoms. The van der Waals surface area contributed by atoms with Gasteiger partial charge in [-0.15, -0.1) is 0 Å². The number of hydrogen-bond acceptors (Lipinski definition) is 2. The molecule has 1 heterocycles. The molecule has 0 saturated carbocycles. The van der Waals surface area contributed by atoms with E-state index < -0.39 is 0 Å². The molecule has 0 fully saturated rings. The average Bonchev–Trinajstić information content (AvgIpc) is 2.54. The van der Waals surface area contributed by atoms with Gasteiger partial charge in [0, 0.05) is 23.4 Å². The molecule has 1 N–H and O–H groups in total. The lowest BCUT2D eigenvalue weighted by Crippen LogP contribution is -2.41. The van der Waals surface area contributed by atoms with Gasteiger partial charge in [0.05, 0.1) is 6.04 Å². The van der Waals surface area contributed by atoms with Crippen molar-refractivity contribution in [1.29, 1.82) is 0 Å². The van der Waals surface area contributed by atoms with Crippen LogP contribution < -0.4 is 10.1 Å². The Morgan fingerprint density at radius 1 is 1.28 bits per heavy atom. The molecular formula is C21H24ClNO2. The number of nitrogens with one attached hydrogen (secondary N) is 1. The van der Waals surface area contributed by atoms with E-state index in [9.17, 15) is 4.79 Å². The van der Waals surface area contributed by atoms with E-state index in [4.69, 9.17) is 16.3 Å². The van der Waals surface area contributed by atoms with Crippen LogP contribution in [0.1, 0.15) is 49.4 Å². The van der Waals surface area contributed by atoms with Crippen molar-refractivity contribution < 1.29 is 9.53 Å². The quantitative estimate of drug-likeness (QED) is 0.836. The summed E-state index contributed by atoms with van der Waals surface area (Å²) in [6.45, 7) is 6.16. The Balaban J connectivity index is 1.70. The summed E-state index contributed by atoms with van der Waals surface area (Å²) in [6.07, 6.45) is 1.81. The summed E-state index contributed by atoms with van der Waals surface area (Å²) >= 11 is 6.17. The van der Waals surface area contributed by atoms with Gasteiger partial charge in [-0.25, -0.2) is 0 Å². The summed E-state index contributed by atoms with van der Waals surface area (Å²) in [6, 6.07) is 13.8. The number of carbonyl (C=O) groups is 1. The summed E-state index contributed by atoms with van der Waals surface area (Å²) < 4.78 is 6.06. The fraction of sp³-hybridized carbons (Fsp3) is 0.381. The minimum absolute atomic E-state index is 0.0302. The number of fused-ring (bicyclic) bond motifs is 1. The van der Waals surface area contributed by atoms with Crippen LogP contribution in [0.2, 0.25) is 5.02 Å². The zero-order valence-electron chi connectivity index (χ0n) is 14.9. The van der Waals surface area contributed by atoms with Crippen LogP contribution >= 0.6 is 11.6 Å². The first-order chi connectivity index (χ1) is 11.8. The molecule has 132 valence electrons. The van der Waals surface area contributed by atoms with Crippen molar-refractivity contribution in [1.82, 2.24) is 5.32 Å². The first-order valence-electron chi connectivity index (χ1n) is 8.66. The largest absolute Gasteiger partial charge is 0.487 e. The Morgan fingerprint density at radius 2 is 2.04 bits per heavy atom. The second kappa shape index (κ2) is 7.09. The standard InChI is InChI=1S/C21H24ClNO2/c1-14-8-10-19-16(12-14)18(13-21(2,3)25-19)23-20(24)11-9-15-6-4-5-7-17(15)22/h4-8,10,12,18H,9,11,13H2,1-3H3,(H,23,24)/t18-/m0/s1. The first kappa shape index (κ1) is 17.8. The zero-order chi connectivity index (χ0) is 18.0. The van der Waals surface area contributed by atoms with Gasteiger partial charge in [0.15, 0.2) is 0 Å². The Hall–Kier alpha value is -2.00. The molecule has 0 bridgehead atoms. The number of carbonyl (C=O) groups excluding carboxylic acids is 1. The van der Waals surface area contributed by atoms with Gasteiger partial charge in [0.25, 0.3) is 0 Å². The molecule has 0 radical (unpaired) electrons. The molecule has 0 saturated heterocycles. The Labute approximate surface area is 154 Å². The monoisotopic (exact) mass is 357 g/mol. The molecule has 1 amide bonds. The van der Waals surface area contributed by atoms with Crippen LogP contribution in [0.3, 0.4) is 0 Å². The minimum atomic E-state index is -0.303. The topological polar surface area (TPSA) is 38.3 Å². The van der Waals surface area contributed by atoms with Gasteiger partial charge in [-0.1, -0.05) is 47.5 Å². The molecular weight excluding hydrogens is 334 g/mol. The second-order valence-electron chi connectivity index (χ2n) is 7.32. The molecule has 0 spiro atoms. The maximum absolute atomic E-state index is 12.5. The van der Waals surface area contributed by atoms with Crippen LogP contribution in [-0.2, 0) is 11.2 Å². The van der Waals surface area contributed by atoms with Crippen LogP contribution in [-0.4, -0.2) is 11.5 Å². The van der Waals surface area contributed by atoms with Crippen molar-refractivity contribution in [2.24, 2.45) is 0 Å². The molecule has 1 aliphatic heterocycles. The molecule has 25 heavy (non-hydrogen) atoms. The molecule has 0 unspecified atom stereocenters. The lowest BCUT2D eigenvalue weighted by atomic mass is 9.89. The molecule has 3 rings (SSSR count). The lowest BCUT2D eigenvalue weighted by molar-refractivity contribution is -0.122. The number of halogens is 1. The van der Waals surface area contributed by atoms with E-state index in [0.717, 1.165) is 28.9 Å². The van der Waals surface area contributed by atoms with E-state index in [2.05, 4.69) is 32.2 Å². The summed E-state index contributed by atoms with van der Waals surface area (Å²) in [5.74, 6) is 0.897. The zero-order valence-corrected chi connectivity index (χ0v) is 15.7. The third-order valence-electron chi connectivity index (χ3n) is 4.54. The predicted octanol–water partition coefficient (Wildman–Crippen LogP) is 5.00. The predicted molar refractivity (Wildman–Crippen MR) is 101 cm³/mol. The first-order valence-corrected chi connectivity index (χ1v) is 9.04. The second-order valence-corrected chi connectivity index (χ2v) is 7.73. The van der Waals surface area contributed by atoms with Gasteiger partial charge < -0.3 is 10.1 Å². The van der Waals surface area contributed by atoms with Gasteiger partial charge in [0.1, 0.15) is 11.4 Å². The molecule has 2 aromatic carbocycles. The van der Waals surface area contributed by atoms with E-state index in [0.29, 0.717) is 17.9 Å². The smallest absolute Gasteiger partial charge is 0.220 e. The fourth-order valence-corrected chi connectivity index (χ4v) is 3.55. The van der Waals surface area contributed by atoms with Crippen molar-refractivity contribution in [2.75, 3.05) is 0 Å². The van der Waals surface area contributed by atoms with E-state index in [1.54, 1.807) is 0 Å². The number of ether oxygens (including phenoxy) is 1. The van der Waals surface area contributed by atoms with Crippen molar-refractivity contribution in [3.05, 3.63) is 64.2 Å². The Bertz CT molecular complexity index is 785. The highest BCUT2D eigenvalue weighted by Gasteiger charge is 2.34. The molecule has 0 aliphatic carbocycles. The Morgan fingerprint density at radius 3 is 2.80 bits per heavy atom. The van der Waals surface area contributed by atoms with Crippen LogP contribution in [0, 0.1) is 6.92 Å². The van der Waals surface area contributed by atoms with Crippen molar-refractivity contribution in [2.45, 2.75) is 51.7 Å². The summed E-state index contributed by atoms with van der Waals surface area (Å²) in [5, 5.41) is 3.90. The lowest BCUT2D eigenvalue weighted by Gasteiger charge is -2.38. The van der Waals surface area contributed by atoms with Crippen LogP contribution in [0.4, 0.5) is 0 Å². The van der Waals surface area contributed by atoms with E-state index in [1.807, 2.05) is 36.4 Å². The number of aryl methyl sites for hydroxylation is 2. The number of rotatable bonds is 4. The van der Waals surface area contributed by atoms with Gasteiger partial charge in [-0.3, -0.25) is 4.79 Å². The summed E-state index contributed by atoms with van der Waals surface area (Å²) in [4.78, 5) is 12.5. The normalized spacial score (nSPS) is 18.2. The van der Waals surface area contributed by atoms with Crippen LogP contribution in [0.5, 0.6) is 5.75 Å². The van der Waals surface area contributed by atoms with Crippen molar-refractivity contribution in [3.63, 3.8) is 0 Å². The van der Waals surface area contributed by atoms with E-state index in [1.165, 1.54) is 0 Å². The summed E-state index contributed by atoms with van der Waals surface area (Å²) in [5.41, 5.74) is 2.92. The fourth-order valence-electron chi connectivity index (χ4n) is 3.32. The van der Waals surface area contributed by atoms with Crippen LogP contribution in [0.15, 0.2) is 42.5 Å². The van der Waals surface area contributed by atoms with E-state index in [-0.39, 0.29) is 17.6 Å². The van der Waals surface area contributed by atoms with Gasteiger partial charge >= 0.3 is 0 Å². The third kappa shape index (κ3) is 4.35. The van der Waals surface area contributed by atoms with Crippen molar-refractivity contribution >= 4 is 17.5 Å². The maximum Gasteiger partial charge on any atom is 0.220 e. The maximum atomic E-state index is 12.5. The number of amides is 1. The highest BCUT2D eigenvalue weighted by atomic mass is 35.5. The van der Waals surface area contributed by atoms with E-state index >= 15 is 0 Å². The SMILES string of the molecule is Cc1ccc2c(c1)[C@@H](NC(=O)CCc1ccccc1Cl)CC(C)(C)O2. The van der Waals surface area contributed by atoms with Crippen molar-refractivity contribution in [3.8, 4) is 5.75 Å². The molecule has 0 aromatic heterocycles. The number of benzene rings is 2. The van der Waals surface area contributed by atoms with Gasteiger partial charge in [-0.05, 0) is 44.9 Å².